The van der Waals surface area contributed by atoms with E-state index in [1.54, 1.807) is 0 Å². The van der Waals surface area contributed by atoms with Crippen LogP contribution in [0.2, 0.25) is 0 Å². The van der Waals surface area contributed by atoms with Gasteiger partial charge in [0.25, 0.3) is 16.7 Å². The number of nitrogens with one attached hydrogen (secondary N) is 6. The zero-order valence-electron chi connectivity index (χ0n) is 40.9. The van der Waals surface area contributed by atoms with Gasteiger partial charge in [-0.1, -0.05) is 64.7 Å². The second kappa shape index (κ2) is 26.2. The number of aromatic nitrogens is 9. The monoisotopic (exact) mass is 984 g/mol. The number of rotatable bonds is 16. The van der Waals surface area contributed by atoms with E-state index in [1.165, 1.54) is 63.9 Å². The van der Waals surface area contributed by atoms with Crippen LogP contribution in [0.3, 0.4) is 0 Å². The smallest absolute Gasteiger partial charge is 0.373 e. The summed E-state index contributed by atoms with van der Waals surface area (Å²) >= 11 is 0. The second-order valence-electron chi connectivity index (χ2n) is 20.0. The zero-order chi connectivity index (χ0) is 50.3. The van der Waals surface area contributed by atoms with Crippen LogP contribution in [0.1, 0.15) is 107 Å². The lowest BCUT2D eigenvalue weighted by molar-refractivity contribution is -0.191. The van der Waals surface area contributed by atoms with Gasteiger partial charge in [-0.2, -0.15) is 9.59 Å². The minimum Gasteiger partial charge on any atom is -0.391 e. The number of H-pyrrole nitrogens is 6. The molecule has 0 spiro atoms. The van der Waals surface area contributed by atoms with Gasteiger partial charge in [0.1, 0.15) is 16.6 Å². The van der Waals surface area contributed by atoms with E-state index in [2.05, 4.69) is 66.5 Å². The molecule has 6 aromatic heterocycles. The molecule has 71 heavy (non-hydrogen) atoms. The van der Waals surface area contributed by atoms with Crippen molar-refractivity contribution in [3.8, 4) is 0 Å². The predicted octanol–water partition coefficient (Wildman–Crippen LogP) is 3.23. The van der Waals surface area contributed by atoms with Crippen molar-refractivity contribution in [1.82, 2.24) is 59.6 Å². The lowest BCUT2D eigenvalue weighted by Gasteiger charge is -2.25. The van der Waals surface area contributed by atoms with Crippen molar-refractivity contribution >= 4 is 39.3 Å². The van der Waals surface area contributed by atoms with Gasteiger partial charge in [0, 0.05) is 94.2 Å². The Morgan fingerprint density at radius 1 is 0.563 bits per heavy atom. The van der Waals surface area contributed by atoms with Gasteiger partial charge in [0.05, 0.1) is 53.8 Å². The molecule has 10 rings (SSSR count). The molecule has 0 bridgehead atoms. The van der Waals surface area contributed by atoms with Gasteiger partial charge < -0.3 is 51.0 Å². The van der Waals surface area contributed by atoms with Gasteiger partial charge in [-0.05, 0) is 55.9 Å². The van der Waals surface area contributed by atoms with E-state index in [-0.39, 0.29) is 41.1 Å². The highest BCUT2D eigenvalue weighted by Crippen LogP contribution is 2.34. The molecule has 3 aliphatic heterocycles. The van der Waals surface area contributed by atoms with Crippen molar-refractivity contribution in [2.75, 3.05) is 45.8 Å². The van der Waals surface area contributed by atoms with Crippen LogP contribution in [-0.2, 0) is 29.2 Å². The van der Waals surface area contributed by atoms with Crippen LogP contribution in [0.5, 0.6) is 0 Å². The number of unbranched alkanes of at least 4 members (excludes halogenated alkanes) is 3. The summed E-state index contributed by atoms with van der Waals surface area (Å²) in [7, 11) is 0. The number of hydrogen-bond donors (Lipinski definition) is 10. The van der Waals surface area contributed by atoms with Gasteiger partial charge in [-0.3, -0.25) is 29.1 Å². The number of nitrogens with two attached hydrogens (primary N) is 1. The first-order chi connectivity index (χ1) is 34.5. The van der Waals surface area contributed by atoms with Crippen LogP contribution in [0, 0.1) is 23.7 Å². The molecule has 11 N–H and O–H groups in total. The average molecular weight is 984 g/mol. The number of likely N-dealkylation sites (tertiary alicyclic amines) is 3. The second-order valence-corrected chi connectivity index (χ2v) is 20.0. The van der Waals surface area contributed by atoms with E-state index >= 15 is 0 Å². The number of fused-ring (bicyclic) bond motifs is 3. The highest BCUT2D eigenvalue weighted by atomic mass is 16.3. The Balaban J connectivity index is 0.000000153. The molecule has 0 amide bonds. The summed E-state index contributed by atoms with van der Waals surface area (Å²) in [5.41, 5.74) is 11.9. The van der Waals surface area contributed by atoms with Gasteiger partial charge in [-0.15, -0.1) is 0 Å². The number of aliphatic hydroxyl groups is 3. The van der Waals surface area contributed by atoms with E-state index in [4.69, 9.17) is 15.3 Å². The van der Waals surface area contributed by atoms with Crippen LogP contribution in [0.25, 0.3) is 33.1 Å². The third-order valence-corrected chi connectivity index (χ3v) is 14.8. The summed E-state index contributed by atoms with van der Waals surface area (Å²) in [6.07, 6.45) is 25.1. The number of aromatic amines is 6. The van der Waals surface area contributed by atoms with Crippen LogP contribution >= 0.6 is 0 Å². The highest BCUT2D eigenvalue weighted by Gasteiger charge is 2.35. The van der Waals surface area contributed by atoms with Crippen molar-refractivity contribution in [3.63, 3.8) is 0 Å². The van der Waals surface area contributed by atoms with E-state index in [0.29, 0.717) is 60.5 Å². The minimum atomic E-state index is -0.269. The lowest BCUT2D eigenvalue weighted by Crippen LogP contribution is -2.22. The summed E-state index contributed by atoms with van der Waals surface area (Å²) in [5, 5.41) is 30.9. The molecule has 386 valence electrons. The maximum Gasteiger partial charge on any atom is 0.373 e. The first kappa shape index (κ1) is 53.2. The molecule has 0 unspecified atom stereocenters. The molecule has 4 aliphatic rings. The van der Waals surface area contributed by atoms with Crippen molar-refractivity contribution in [3.05, 3.63) is 85.3 Å². The zero-order valence-corrected chi connectivity index (χ0v) is 40.9. The van der Waals surface area contributed by atoms with Crippen molar-refractivity contribution < 1.29 is 24.9 Å². The molecule has 1 aliphatic carbocycles. The predicted molar refractivity (Wildman–Crippen MR) is 268 cm³/mol. The fourth-order valence-electron chi connectivity index (χ4n) is 11.2. The van der Waals surface area contributed by atoms with E-state index in [0.717, 1.165) is 117 Å². The first-order valence-electron chi connectivity index (χ1n) is 25.5. The number of nitrogens with zero attached hydrogens (tertiary/aromatic N) is 6. The number of β-amino-alcohol motifs (C(OH)–C–C–N with tert-alkyl or cyclic N) is 3. The Morgan fingerprint density at radius 3 is 1.37 bits per heavy atom. The molecule has 0 aromatic carbocycles. The van der Waals surface area contributed by atoms with Crippen LogP contribution in [0.4, 0.5) is 0 Å². The van der Waals surface area contributed by atoms with Crippen LogP contribution < -0.4 is 22.4 Å². The third kappa shape index (κ3) is 14.1. The Morgan fingerprint density at radius 2 is 0.958 bits per heavy atom. The maximum atomic E-state index is 11.8. The number of hydrogen-bond acceptors (Lipinski definition) is 15. The summed E-state index contributed by atoms with van der Waals surface area (Å²) < 4.78 is 0. The summed E-state index contributed by atoms with van der Waals surface area (Å²) in [6.45, 7) is 9.90. The van der Waals surface area contributed by atoms with Gasteiger partial charge in [0.2, 0.25) is 0 Å². The summed E-state index contributed by atoms with van der Waals surface area (Å²) in [4.78, 5) is 87.7. The fraction of sp³-hybridized carbons (Fsp3) is 0.620. The highest BCUT2D eigenvalue weighted by molar-refractivity contribution is 5.78. The van der Waals surface area contributed by atoms with Gasteiger partial charge >= 0.3 is 6.15 Å². The molecule has 0 radical (unpaired) electrons. The standard InChI is InChI=1S/C18H26N4O2.C16H25N5O2.C15H22N4O2.CO2/c23-15-10-22(8-13(15)6-12-4-2-1-3-5-12)9-14-7-19-17-16(14)20-11-21-18(17)24;17-5-3-1-2-4-11-7-21(9-13(11)22)8-12-6-18-15-14(12)19-10-20-16(15)23;1-2-3-4-10-6-19(8-12(10)20)7-11-5-16-14-13(11)17-9-18-15(14)21;2-1-3/h7,11-13,15,19,23H,1-6,8-10H2,(H,20,21,24);6,10-11,13,18,22H,1-5,7-9,17H2,(H,19,20,23);5,9-10,12,16,20H,2-4,6-8H2,1H3,(H,17,18,21);/t13-,15-;11-,13-;10-,12-;/m111./s1. The third-order valence-electron chi connectivity index (χ3n) is 14.8. The van der Waals surface area contributed by atoms with Crippen molar-refractivity contribution in [2.45, 2.75) is 128 Å². The lowest BCUT2D eigenvalue weighted by atomic mass is 9.82. The Bertz CT molecular complexity index is 2790. The molecule has 1 saturated carbocycles. The number of carbonyl (C=O) groups excluding carboxylic acids is 2. The largest absolute Gasteiger partial charge is 0.391 e. The Labute approximate surface area is 411 Å². The van der Waals surface area contributed by atoms with Gasteiger partial charge in [0.15, 0.2) is 0 Å². The Kier molecular flexibility index (Phi) is 19.6. The van der Waals surface area contributed by atoms with E-state index < -0.39 is 0 Å². The molecule has 21 nitrogen and oxygen atoms in total. The van der Waals surface area contributed by atoms with Gasteiger partial charge in [-0.25, -0.2) is 15.0 Å². The average Bonchev–Trinajstić information content (AvgIpc) is 4.24. The van der Waals surface area contributed by atoms with E-state index in [9.17, 15) is 29.7 Å². The summed E-state index contributed by atoms with van der Waals surface area (Å²) in [6, 6.07) is 0. The summed E-state index contributed by atoms with van der Waals surface area (Å²) in [5.74, 6) is 1.88. The normalized spacial score (nSPS) is 23.1. The van der Waals surface area contributed by atoms with E-state index in [1.807, 2.05) is 18.6 Å². The fourth-order valence-corrected chi connectivity index (χ4v) is 11.2. The molecule has 6 aromatic rings. The number of aliphatic hydroxyl groups excluding tert-OH is 3. The first-order valence-corrected chi connectivity index (χ1v) is 25.5. The van der Waals surface area contributed by atoms with Crippen molar-refractivity contribution in [2.24, 2.45) is 29.4 Å². The molecular formula is C50H73N13O8. The maximum absolute atomic E-state index is 11.8. The molecule has 21 heteroatoms. The van der Waals surface area contributed by atoms with Crippen LogP contribution in [0.15, 0.2) is 52.0 Å². The Hall–Kier alpha value is -5.64. The van der Waals surface area contributed by atoms with Crippen molar-refractivity contribution in [1.29, 1.82) is 0 Å². The molecular weight excluding hydrogens is 911 g/mol. The molecule has 6 atom stereocenters. The minimum absolute atomic E-state index is 0.136. The molecule has 3 saturated heterocycles. The quantitative estimate of drug-likeness (QED) is 0.0623. The van der Waals surface area contributed by atoms with Crippen LogP contribution in [-0.4, -0.2) is 145 Å². The topological polar surface area (TPSA) is 315 Å². The molecule has 9 heterocycles. The molecule has 4 fully saturated rings. The SMILES string of the molecule is CCCC[C@@H]1CN(Cc2c[nH]c3c(=O)[nH]cnc23)C[C@H]1O.NCCCCC[C@@H]1CN(Cc2c[nH]c3c(=O)[nH]cnc23)C[C@H]1O.O=C=O.O=c1[nH]cnc2c(CN3C[C@@H](CC4CCCCC4)[C@H](O)C3)c[nH]c12.